The molecule has 0 spiro atoms. The maximum Gasteiger partial charge on any atom is 0.407 e. The smallest absolute Gasteiger partial charge is 0.407 e. The lowest BCUT2D eigenvalue weighted by Crippen LogP contribution is -2.40. The van der Waals surface area contributed by atoms with Crippen molar-refractivity contribution in [3.63, 3.8) is 0 Å². The molecular formula is C21H29FN6O4S. The Morgan fingerprint density at radius 2 is 1.97 bits per heavy atom. The number of amides is 1. The molecule has 12 heteroatoms. The molecular weight excluding hydrogens is 451 g/mol. The van der Waals surface area contributed by atoms with Crippen molar-refractivity contribution in [2.75, 3.05) is 36.9 Å². The van der Waals surface area contributed by atoms with E-state index in [0.29, 0.717) is 37.2 Å². The van der Waals surface area contributed by atoms with Gasteiger partial charge in [0.25, 0.3) is 0 Å². The number of nitrogens with one attached hydrogen (secondary N) is 2. The number of hydrogen-bond acceptors (Lipinski definition) is 7. The van der Waals surface area contributed by atoms with E-state index >= 15 is 0 Å². The number of anilines is 3. The van der Waals surface area contributed by atoms with Gasteiger partial charge in [0, 0.05) is 38.8 Å². The van der Waals surface area contributed by atoms with Gasteiger partial charge in [-0.2, -0.15) is 0 Å². The van der Waals surface area contributed by atoms with Crippen LogP contribution in [0, 0.1) is 11.7 Å². The standard InChI is InChI=1S/C21H29FN6O4S/c1-14(2)26-33(31,32)16-4-5-18(17(22)10-16)25-19-11-20(24-13-23-19)27(3)12-15-6-8-28(9-7-15)21(29)30/h4-5,10-11,13-15,26H,6-9,12H2,1-3H3,(H,29,30)(H,23,24,25). The van der Waals surface area contributed by atoms with Crippen molar-refractivity contribution in [1.29, 1.82) is 0 Å². The Morgan fingerprint density at radius 1 is 1.27 bits per heavy atom. The minimum Gasteiger partial charge on any atom is -0.465 e. The predicted octanol–water partition coefficient (Wildman–Crippen LogP) is 2.87. The third kappa shape index (κ3) is 6.51. The lowest BCUT2D eigenvalue weighted by Gasteiger charge is -2.32. The molecule has 3 N–H and O–H groups in total. The van der Waals surface area contributed by atoms with Crippen LogP contribution in [-0.4, -0.2) is 67.2 Å². The summed E-state index contributed by atoms with van der Waals surface area (Å²) in [6.07, 6.45) is 2.03. The molecule has 1 aliphatic heterocycles. The van der Waals surface area contributed by atoms with Gasteiger partial charge in [0.2, 0.25) is 10.0 Å². The number of piperidine rings is 1. The number of benzene rings is 1. The maximum atomic E-state index is 14.6. The minimum atomic E-state index is -3.80. The van der Waals surface area contributed by atoms with Crippen LogP contribution in [-0.2, 0) is 10.0 Å². The van der Waals surface area contributed by atoms with Crippen molar-refractivity contribution >= 4 is 33.4 Å². The second kappa shape index (κ2) is 10.3. The lowest BCUT2D eigenvalue weighted by molar-refractivity contribution is 0.125. The van der Waals surface area contributed by atoms with Crippen LogP contribution >= 0.6 is 0 Å². The number of carboxylic acid groups (broad SMARTS) is 1. The fourth-order valence-corrected chi connectivity index (χ4v) is 4.95. The number of nitrogens with zero attached hydrogens (tertiary/aromatic N) is 4. The first-order valence-corrected chi connectivity index (χ1v) is 12.1. The fraction of sp³-hybridized carbons (Fsp3) is 0.476. The molecule has 1 aromatic carbocycles. The summed E-state index contributed by atoms with van der Waals surface area (Å²) in [5, 5.41) is 11.9. The van der Waals surface area contributed by atoms with E-state index in [9.17, 15) is 17.6 Å². The molecule has 1 amide bonds. The van der Waals surface area contributed by atoms with E-state index in [4.69, 9.17) is 5.11 Å². The number of likely N-dealkylation sites (tertiary alicyclic amines) is 1. The highest BCUT2D eigenvalue weighted by Crippen LogP contribution is 2.25. The number of rotatable bonds is 8. The SMILES string of the molecule is CC(C)NS(=O)(=O)c1ccc(Nc2cc(N(C)CC3CCN(C(=O)O)CC3)ncn2)c(F)c1. The number of carbonyl (C=O) groups is 1. The highest BCUT2D eigenvalue weighted by atomic mass is 32.2. The molecule has 0 bridgehead atoms. The van der Waals surface area contributed by atoms with Gasteiger partial charge in [-0.3, -0.25) is 0 Å². The Bertz CT molecular complexity index is 1090. The second-order valence-corrected chi connectivity index (χ2v) is 10.1. The van der Waals surface area contributed by atoms with E-state index in [1.54, 1.807) is 19.9 Å². The largest absolute Gasteiger partial charge is 0.465 e. The highest BCUT2D eigenvalue weighted by molar-refractivity contribution is 7.89. The lowest BCUT2D eigenvalue weighted by atomic mass is 9.96. The molecule has 1 fully saturated rings. The summed E-state index contributed by atoms with van der Waals surface area (Å²) in [5.41, 5.74) is 0.0897. The zero-order valence-corrected chi connectivity index (χ0v) is 19.6. The van der Waals surface area contributed by atoms with E-state index in [-0.39, 0.29) is 16.6 Å². The summed E-state index contributed by atoms with van der Waals surface area (Å²) in [5.74, 6) is 0.611. The third-order valence-electron chi connectivity index (χ3n) is 5.37. The van der Waals surface area contributed by atoms with Gasteiger partial charge in [0.15, 0.2) is 0 Å². The highest BCUT2D eigenvalue weighted by Gasteiger charge is 2.23. The van der Waals surface area contributed by atoms with Crippen LogP contribution in [0.4, 0.5) is 26.5 Å². The monoisotopic (exact) mass is 480 g/mol. The van der Waals surface area contributed by atoms with Gasteiger partial charge < -0.3 is 20.2 Å². The van der Waals surface area contributed by atoms with Gasteiger partial charge in [0.1, 0.15) is 23.8 Å². The molecule has 0 saturated carbocycles. The molecule has 10 nitrogen and oxygen atoms in total. The second-order valence-electron chi connectivity index (χ2n) is 8.40. The number of halogens is 1. The summed E-state index contributed by atoms with van der Waals surface area (Å²) in [6, 6.07) is 5.01. The van der Waals surface area contributed by atoms with Gasteiger partial charge in [0.05, 0.1) is 10.6 Å². The molecule has 1 aromatic heterocycles. The summed E-state index contributed by atoms with van der Waals surface area (Å²) in [6.45, 7) is 5.11. The van der Waals surface area contributed by atoms with E-state index < -0.39 is 21.9 Å². The average Bonchev–Trinajstić information content (AvgIpc) is 2.75. The Hall–Kier alpha value is -2.99. The molecule has 0 unspecified atom stereocenters. The minimum absolute atomic E-state index is 0.0897. The fourth-order valence-electron chi connectivity index (χ4n) is 3.69. The normalized spacial score (nSPS) is 15.0. The summed E-state index contributed by atoms with van der Waals surface area (Å²) in [4.78, 5) is 22.7. The van der Waals surface area contributed by atoms with Gasteiger partial charge in [-0.25, -0.2) is 32.3 Å². The maximum absolute atomic E-state index is 14.6. The first-order valence-electron chi connectivity index (χ1n) is 10.6. The third-order valence-corrected chi connectivity index (χ3v) is 7.02. The number of aromatic nitrogens is 2. The van der Waals surface area contributed by atoms with Gasteiger partial charge in [-0.15, -0.1) is 0 Å². The molecule has 180 valence electrons. The molecule has 1 aliphatic rings. The van der Waals surface area contributed by atoms with Crippen molar-refractivity contribution in [3.8, 4) is 0 Å². The first kappa shape index (κ1) is 24.6. The summed E-state index contributed by atoms with van der Waals surface area (Å²) >= 11 is 0. The van der Waals surface area contributed by atoms with Crippen molar-refractivity contribution < 1.29 is 22.7 Å². The van der Waals surface area contributed by atoms with Gasteiger partial charge >= 0.3 is 6.09 Å². The molecule has 0 atom stereocenters. The Balaban J connectivity index is 1.66. The summed E-state index contributed by atoms with van der Waals surface area (Å²) in [7, 11) is -1.91. The van der Waals surface area contributed by atoms with Gasteiger partial charge in [-0.05, 0) is 50.8 Å². The average molecular weight is 481 g/mol. The van der Waals surface area contributed by atoms with Crippen molar-refractivity contribution in [2.45, 2.75) is 37.6 Å². The van der Waals surface area contributed by atoms with Crippen LogP contribution in [0.25, 0.3) is 0 Å². The quantitative estimate of drug-likeness (QED) is 0.526. The van der Waals surface area contributed by atoms with E-state index in [0.717, 1.165) is 18.9 Å². The molecule has 2 heterocycles. The van der Waals surface area contributed by atoms with Crippen LogP contribution in [0.1, 0.15) is 26.7 Å². The summed E-state index contributed by atoms with van der Waals surface area (Å²) < 4.78 is 41.5. The van der Waals surface area contributed by atoms with Crippen LogP contribution in [0.5, 0.6) is 0 Å². The van der Waals surface area contributed by atoms with Crippen LogP contribution in [0.3, 0.4) is 0 Å². The molecule has 33 heavy (non-hydrogen) atoms. The molecule has 3 rings (SSSR count). The van der Waals surface area contributed by atoms with E-state index in [1.807, 2.05) is 11.9 Å². The molecule has 0 aliphatic carbocycles. The molecule has 2 aromatic rings. The Kier molecular flexibility index (Phi) is 7.69. The van der Waals surface area contributed by atoms with Crippen LogP contribution < -0.4 is 14.9 Å². The number of hydrogen-bond donors (Lipinski definition) is 3. The topological polar surface area (TPSA) is 128 Å². The molecule has 0 radical (unpaired) electrons. The zero-order valence-electron chi connectivity index (χ0n) is 18.8. The van der Waals surface area contributed by atoms with Crippen molar-refractivity contribution in [1.82, 2.24) is 19.6 Å². The van der Waals surface area contributed by atoms with Crippen molar-refractivity contribution in [2.24, 2.45) is 5.92 Å². The zero-order chi connectivity index (χ0) is 24.2. The first-order chi connectivity index (χ1) is 15.5. The van der Waals surface area contributed by atoms with Gasteiger partial charge in [-0.1, -0.05) is 0 Å². The van der Waals surface area contributed by atoms with Crippen LogP contribution in [0.2, 0.25) is 0 Å². The van der Waals surface area contributed by atoms with Crippen LogP contribution in [0.15, 0.2) is 35.5 Å². The predicted molar refractivity (Wildman–Crippen MR) is 123 cm³/mol. The Morgan fingerprint density at radius 3 is 2.58 bits per heavy atom. The number of sulfonamides is 1. The Labute approximate surface area is 192 Å². The molecule has 1 saturated heterocycles. The van der Waals surface area contributed by atoms with Crippen molar-refractivity contribution in [3.05, 3.63) is 36.4 Å². The van der Waals surface area contributed by atoms with E-state index in [1.165, 1.54) is 23.4 Å². The van der Waals surface area contributed by atoms with E-state index in [2.05, 4.69) is 20.0 Å².